The largest absolute Gasteiger partial charge is 0.443 e. The normalized spacial score (nSPS) is 22.1. The second-order valence-corrected chi connectivity index (χ2v) is 6.40. The summed E-state index contributed by atoms with van der Waals surface area (Å²) < 4.78 is 5.26. The van der Waals surface area contributed by atoms with Gasteiger partial charge in [-0.3, -0.25) is 4.79 Å². The van der Waals surface area contributed by atoms with E-state index in [9.17, 15) is 9.59 Å². The van der Waals surface area contributed by atoms with Gasteiger partial charge in [0.2, 0.25) is 5.91 Å². The van der Waals surface area contributed by atoms with E-state index in [1.54, 1.807) is 20.8 Å². The molecule has 0 aliphatic carbocycles. The van der Waals surface area contributed by atoms with Crippen molar-refractivity contribution in [2.24, 2.45) is 11.0 Å². The number of azide groups is 1. The molecule has 118 valence electrons. The van der Waals surface area contributed by atoms with E-state index in [1.807, 2.05) is 0 Å². The van der Waals surface area contributed by atoms with Crippen molar-refractivity contribution in [3.05, 3.63) is 10.4 Å². The van der Waals surface area contributed by atoms with E-state index in [2.05, 4.69) is 10.0 Å². The number of hydrogen-bond acceptors (Lipinski definition) is 4. The topological polar surface area (TPSA) is 95.4 Å². The van der Waals surface area contributed by atoms with Crippen molar-refractivity contribution in [2.45, 2.75) is 51.7 Å². The minimum absolute atomic E-state index is 0.0683. The van der Waals surface area contributed by atoms with Gasteiger partial charge in [0, 0.05) is 29.3 Å². The Labute approximate surface area is 129 Å². The maximum atomic E-state index is 12.4. The third-order valence-electron chi connectivity index (χ3n) is 3.14. The summed E-state index contributed by atoms with van der Waals surface area (Å²) in [7, 11) is 0. The smallest absolute Gasteiger partial charge is 0.417 e. The van der Waals surface area contributed by atoms with Crippen molar-refractivity contribution < 1.29 is 14.3 Å². The maximum Gasteiger partial charge on any atom is 0.417 e. The van der Waals surface area contributed by atoms with Crippen LogP contribution in [0, 0.1) is 5.92 Å². The first-order chi connectivity index (χ1) is 9.80. The number of amides is 2. The molecule has 2 amide bonds. The van der Waals surface area contributed by atoms with Gasteiger partial charge in [0.1, 0.15) is 5.60 Å². The van der Waals surface area contributed by atoms with Crippen molar-refractivity contribution in [2.75, 3.05) is 12.4 Å². The molecule has 1 rings (SSSR count). The van der Waals surface area contributed by atoms with E-state index >= 15 is 0 Å². The number of halogens is 1. The van der Waals surface area contributed by atoms with Crippen molar-refractivity contribution >= 4 is 23.6 Å². The summed E-state index contributed by atoms with van der Waals surface area (Å²) in [5.41, 5.74) is 7.75. The molecule has 1 aliphatic rings. The van der Waals surface area contributed by atoms with Gasteiger partial charge in [-0.25, -0.2) is 9.69 Å². The summed E-state index contributed by atoms with van der Waals surface area (Å²) in [6.07, 6.45) is 1.12. The molecule has 1 saturated heterocycles. The standard InChI is InChI=1S/C13H21ClN4O3/c1-13(2,3)21-12(20)18-10(8-16-17-15)7-9(11(18)19)5-4-6-14/h9-10H,4-8H2,1-3H3/t9-,10+/m1/s1. The third kappa shape index (κ3) is 5.10. The molecule has 1 aliphatic heterocycles. The van der Waals surface area contributed by atoms with Crippen LogP contribution in [0.2, 0.25) is 0 Å². The van der Waals surface area contributed by atoms with Crippen molar-refractivity contribution in [3.63, 3.8) is 0 Å². The summed E-state index contributed by atoms with van der Waals surface area (Å²) in [6, 6.07) is -0.441. The molecule has 0 aromatic heterocycles. The van der Waals surface area contributed by atoms with E-state index in [0.717, 1.165) is 4.90 Å². The Morgan fingerprint density at radius 3 is 2.76 bits per heavy atom. The van der Waals surface area contributed by atoms with Gasteiger partial charge in [-0.05, 0) is 45.6 Å². The van der Waals surface area contributed by atoms with Gasteiger partial charge in [-0.2, -0.15) is 0 Å². The second-order valence-electron chi connectivity index (χ2n) is 6.02. The molecule has 0 radical (unpaired) electrons. The highest BCUT2D eigenvalue weighted by atomic mass is 35.5. The van der Waals surface area contributed by atoms with Crippen LogP contribution >= 0.6 is 11.6 Å². The van der Waals surface area contributed by atoms with Crippen LogP contribution < -0.4 is 0 Å². The molecule has 0 unspecified atom stereocenters. The Bertz CT molecular complexity index is 443. The molecule has 0 saturated carbocycles. The highest BCUT2D eigenvalue weighted by molar-refractivity contribution is 6.17. The lowest BCUT2D eigenvalue weighted by molar-refractivity contribution is -0.131. The number of carbonyl (C=O) groups is 2. The first kappa shape index (κ1) is 17.6. The number of rotatable bonds is 5. The van der Waals surface area contributed by atoms with Crippen LogP contribution in [0.4, 0.5) is 4.79 Å². The molecule has 0 N–H and O–H groups in total. The van der Waals surface area contributed by atoms with E-state index < -0.39 is 17.7 Å². The zero-order valence-electron chi connectivity index (χ0n) is 12.6. The molecule has 21 heavy (non-hydrogen) atoms. The van der Waals surface area contributed by atoms with Gasteiger partial charge in [0.15, 0.2) is 0 Å². The van der Waals surface area contributed by atoms with Crippen LogP contribution in [-0.4, -0.2) is 41.0 Å². The van der Waals surface area contributed by atoms with Gasteiger partial charge >= 0.3 is 6.09 Å². The fourth-order valence-electron chi connectivity index (χ4n) is 2.31. The Balaban J connectivity index is 2.86. The Morgan fingerprint density at radius 1 is 1.57 bits per heavy atom. The maximum absolute atomic E-state index is 12.4. The Hall–Kier alpha value is -1.46. The molecule has 1 fully saturated rings. The van der Waals surface area contributed by atoms with E-state index in [-0.39, 0.29) is 18.4 Å². The van der Waals surface area contributed by atoms with Crippen LogP contribution in [0.15, 0.2) is 5.11 Å². The molecule has 1 heterocycles. The molecule has 0 aromatic rings. The van der Waals surface area contributed by atoms with Crippen molar-refractivity contribution in [3.8, 4) is 0 Å². The molecular formula is C13H21ClN4O3. The zero-order valence-corrected chi connectivity index (χ0v) is 13.3. The van der Waals surface area contributed by atoms with Crippen molar-refractivity contribution in [1.82, 2.24) is 4.90 Å². The molecule has 0 spiro atoms. The minimum Gasteiger partial charge on any atom is -0.443 e. The summed E-state index contributed by atoms with van der Waals surface area (Å²) in [4.78, 5) is 28.3. The van der Waals surface area contributed by atoms with Crippen LogP contribution in [0.25, 0.3) is 10.4 Å². The van der Waals surface area contributed by atoms with Crippen LogP contribution in [0.5, 0.6) is 0 Å². The first-order valence-corrected chi connectivity index (χ1v) is 7.46. The quantitative estimate of drug-likeness (QED) is 0.336. The predicted octanol–water partition coefficient (Wildman–Crippen LogP) is 3.47. The number of nitrogens with zero attached hydrogens (tertiary/aromatic N) is 4. The van der Waals surface area contributed by atoms with Gasteiger partial charge in [0.05, 0.1) is 0 Å². The number of ether oxygens (including phenoxy) is 1. The minimum atomic E-state index is -0.686. The number of likely N-dealkylation sites (tertiary alicyclic amines) is 1. The summed E-state index contributed by atoms with van der Waals surface area (Å²) in [5.74, 6) is -0.0697. The van der Waals surface area contributed by atoms with Gasteiger partial charge in [-0.15, -0.1) is 11.6 Å². The van der Waals surface area contributed by atoms with E-state index in [4.69, 9.17) is 21.9 Å². The summed E-state index contributed by atoms with van der Waals surface area (Å²) in [6.45, 7) is 5.27. The monoisotopic (exact) mass is 316 g/mol. The zero-order chi connectivity index (χ0) is 16.0. The summed E-state index contributed by atoms with van der Waals surface area (Å²) >= 11 is 5.65. The van der Waals surface area contributed by atoms with Gasteiger partial charge in [-0.1, -0.05) is 5.11 Å². The van der Waals surface area contributed by atoms with Crippen LogP contribution in [0.3, 0.4) is 0 Å². The summed E-state index contributed by atoms with van der Waals surface area (Å²) in [5, 5.41) is 3.48. The number of alkyl halides is 1. The van der Waals surface area contributed by atoms with Crippen LogP contribution in [0.1, 0.15) is 40.0 Å². The number of carbonyl (C=O) groups excluding carboxylic acids is 2. The lowest BCUT2D eigenvalue weighted by Gasteiger charge is -2.26. The number of hydrogen-bond donors (Lipinski definition) is 0. The predicted molar refractivity (Wildman–Crippen MR) is 78.9 cm³/mol. The first-order valence-electron chi connectivity index (χ1n) is 6.93. The van der Waals surface area contributed by atoms with Crippen molar-refractivity contribution in [1.29, 1.82) is 0 Å². The fraction of sp³-hybridized carbons (Fsp3) is 0.846. The second kappa shape index (κ2) is 7.52. The van der Waals surface area contributed by atoms with Gasteiger partial charge in [0.25, 0.3) is 0 Å². The SMILES string of the molecule is CC(C)(C)OC(=O)N1C(=O)[C@H](CCCCl)C[C@H]1CN=[N+]=[N-]. The molecule has 8 heteroatoms. The average Bonchev–Trinajstić information content (AvgIpc) is 2.68. The lowest BCUT2D eigenvalue weighted by Crippen LogP contribution is -2.43. The van der Waals surface area contributed by atoms with E-state index in [0.29, 0.717) is 25.1 Å². The highest BCUT2D eigenvalue weighted by Crippen LogP contribution is 2.30. The molecule has 0 aromatic carbocycles. The third-order valence-corrected chi connectivity index (χ3v) is 3.41. The Kier molecular flexibility index (Phi) is 6.30. The lowest BCUT2D eigenvalue weighted by atomic mass is 10.00. The van der Waals surface area contributed by atoms with E-state index in [1.165, 1.54) is 0 Å². The average molecular weight is 317 g/mol. The molecule has 2 atom stereocenters. The fourth-order valence-corrected chi connectivity index (χ4v) is 2.47. The van der Waals surface area contributed by atoms with Gasteiger partial charge < -0.3 is 4.74 Å². The molecule has 7 nitrogen and oxygen atoms in total. The molecule has 0 bridgehead atoms. The Morgan fingerprint density at radius 2 is 2.24 bits per heavy atom. The van der Waals surface area contributed by atoms with Crippen LogP contribution in [-0.2, 0) is 9.53 Å². The number of imide groups is 1. The molecular weight excluding hydrogens is 296 g/mol. The highest BCUT2D eigenvalue weighted by Gasteiger charge is 2.43.